The molecule has 0 amide bonds. The SMILES string of the molecule is N#C/C(=C/c1ccc(Sc2ccc(Cl)cc2)s1)c1ccc([N+](=O)[O-])cc1. The molecule has 3 aromatic rings. The number of halogens is 1. The first-order chi connectivity index (χ1) is 12.5. The molecule has 7 heteroatoms. The number of nitrogens with zero attached hydrogens (tertiary/aromatic N) is 2. The fourth-order valence-electron chi connectivity index (χ4n) is 2.17. The normalized spacial score (nSPS) is 11.2. The van der Waals surface area contributed by atoms with E-state index in [1.165, 1.54) is 12.1 Å². The van der Waals surface area contributed by atoms with Gasteiger partial charge in [0.25, 0.3) is 5.69 Å². The van der Waals surface area contributed by atoms with Gasteiger partial charge in [0, 0.05) is 26.9 Å². The van der Waals surface area contributed by atoms with E-state index in [1.54, 1.807) is 41.3 Å². The average Bonchev–Trinajstić information content (AvgIpc) is 3.09. The van der Waals surface area contributed by atoms with Crippen LogP contribution in [0.5, 0.6) is 0 Å². The second-order valence-corrected chi connectivity index (χ2v) is 8.11. The molecule has 0 aliphatic rings. The number of nitro benzene ring substituents is 1. The lowest BCUT2D eigenvalue weighted by Gasteiger charge is -1.99. The highest BCUT2D eigenvalue weighted by atomic mass is 35.5. The summed E-state index contributed by atoms with van der Waals surface area (Å²) in [7, 11) is 0. The van der Waals surface area contributed by atoms with E-state index < -0.39 is 4.92 Å². The quantitative estimate of drug-likeness (QED) is 0.278. The van der Waals surface area contributed by atoms with Crippen LogP contribution in [0.2, 0.25) is 5.02 Å². The summed E-state index contributed by atoms with van der Waals surface area (Å²) in [6, 6.07) is 19.7. The van der Waals surface area contributed by atoms with Gasteiger partial charge in [-0.1, -0.05) is 23.4 Å². The van der Waals surface area contributed by atoms with E-state index in [9.17, 15) is 15.4 Å². The molecule has 128 valence electrons. The van der Waals surface area contributed by atoms with Gasteiger partial charge in [-0.25, -0.2) is 0 Å². The first-order valence-electron chi connectivity index (χ1n) is 7.45. The molecule has 0 bridgehead atoms. The predicted octanol–water partition coefficient (Wildman–Crippen LogP) is 6.53. The van der Waals surface area contributed by atoms with Crippen molar-refractivity contribution in [3.63, 3.8) is 0 Å². The Balaban J connectivity index is 1.79. The maximum atomic E-state index is 10.7. The smallest absolute Gasteiger partial charge is 0.258 e. The van der Waals surface area contributed by atoms with Crippen LogP contribution < -0.4 is 0 Å². The Hall–Kier alpha value is -2.59. The van der Waals surface area contributed by atoms with Crippen molar-refractivity contribution >= 4 is 52.0 Å². The van der Waals surface area contributed by atoms with Crippen LogP contribution >= 0.6 is 34.7 Å². The second kappa shape index (κ2) is 8.19. The number of allylic oxidation sites excluding steroid dienone is 1. The van der Waals surface area contributed by atoms with Crippen LogP contribution in [0.15, 0.2) is 69.8 Å². The minimum Gasteiger partial charge on any atom is -0.258 e. The molecule has 1 aromatic heterocycles. The summed E-state index contributed by atoms with van der Waals surface area (Å²) in [6.07, 6.45) is 1.79. The van der Waals surface area contributed by atoms with Gasteiger partial charge in [-0.15, -0.1) is 11.3 Å². The standard InChI is InChI=1S/C19H11ClN2O2S2/c20-15-3-7-17(8-4-15)25-19-10-9-18(26-19)11-14(12-21)13-1-5-16(6-2-13)22(23)24/h1-11H/b14-11-. The van der Waals surface area contributed by atoms with Gasteiger partial charge < -0.3 is 0 Å². The highest BCUT2D eigenvalue weighted by Gasteiger charge is 2.08. The summed E-state index contributed by atoms with van der Waals surface area (Å²) in [5.74, 6) is 0. The van der Waals surface area contributed by atoms with E-state index >= 15 is 0 Å². The first kappa shape index (κ1) is 18.2. The topological polar surface area (TPSA) is 66.9 Å². The van der Waals surface area contributed by atoms with Crippen molar-refractivity contribution in [1.82, 2.24) is 0 Å². The Bertz CT molecular complexity index is 1000. The third-order valence-corrected chi connectivity index (χ3v) is 5.85. The van der Waals surface area contributed by atoms with Crippen LogP contribution in [-0.4, -0.2) is 4.92 Å². The van der Waals surface area contributed by atoms with E-state index in [2.05, 4.69) is 6.07 Å². The molecule has 0 atom stereocenters. The lowest BCUT2D eigenvalue weighted by atomic mass is 10.1. The zero-order chi connectivity index (χ0) is 18.5. The number of nitriles is 1. The largest absolute Gasteiger partial charge is 0.269 e. The zero-order valence-corrected chi connectivity index (χ0v) is 15.6. The molecule has 0 aliphatic carbocycles. The number of rotatable bonds is 5. The lowest BCUT2D eigenvalue weighted by Crippen LogP contribution is -1.88. The Morgan fingerprint density at radius 2 is 1.81 bits per heavy atom. The maximum absolute atomic E-state index is 10.7. The van der Waals surface area contributed by atoms with Crippen molar-refractivity contribution in [1.29, 1.82) is 5.26 Å². The number of non-ortho nitro benzene ring substituents is 1. The molecule has 1 heterocycles. The van der Waals surface area contributed by atoms with Crippen LogP contribution in [0.25, 0.3) is 11.6 Å². The lowest BCUT2D eigenvalue weighted by molar-refractivity contribution is -0.384. The summed E-state index contributed by atoms with van der Waals surface area (Å²) < 4.78 is 1.10. The number of benzene rings is 2. The maximum Gasteiger partial charge on any atom is 0.269 e. The van der Waals surface area contributed by atoms with Crippen LogP contribution in [0.4, 0.5) is 5.69 Å². The fraction of sp³-hybridized carbons (Fsp3) is 0. The second-order valence-electron chi connectivity index (χ2n) is 5.19. The summed E-state index contributed by atoms with van der Waals surface area (Å²) in [5.41, 5.74) is 1.12. The Kier molecular flexibility index (Phi) is 5.74. The molecular formula is C19H11ClN2O2S2. The first-order valence-corrected chi connectivity index (χ1v) is 9.46. The zero-order valence-electron chi connectivity index (χ0n) is 13.3. The van der Waals surface area contributed by atoms with E-state index in [4.69, 9.17) is 11.6 Å². The van der Waals surface area contributed by atoms with E-state index in [1.807, 2.05) is 36.4 Å². The predicted molar refractivity (Wildman–Crippen MR) is 106 cm³/mol. The van der Waals surface area contributed by atoms with Gasteiger partial charge in [0.15, 0.2) is 0 Å². The van der Waals surface area contributed by atoms with Crippen molar-refractivity contribution in [3.05, 3.63) is 86.2 Å². The molecule has 26 heavy (non-hydrogen) atoms. The monoisotopic (exact) mass is 398 g/mol. The molecule has 2 aromatic carbocycles. The highest BCUT2D eigenvalue weighted by molar-refractivity contribution is 8.01. The molecule has 0 unspecified atom stereocenters. The van der Waals surface area contributed by atoms with Crippen LogP contribution in [0.3, 0.4) is 0 Å². The van der Waals surface area contributed by atoms with Crippen LogP contribution in [-0.2, 0) is 0 Å². The number of hydrogen-bond acceptors (Lipinski definition) is 5. The Labute approximate surface area is 163 Å². The number of thiophene rings is 1. The van der Waals surface area contributed by atoms with Crippen molar-refractivity contribution in [2.24, 2.45) is 0 Å². The number of nitro groups is 1. The van der Waals surface area contributed by atoms with Gasteiger partial charge in [-0.05, 0) is 60.2 Å². The minimum absolute atomic E-state index is 0.00353. The minimum atomic E-state index is -0.459. The van der Waals surface area contributed by atoms with E-state index in [0.29, 0.717) is 16.2 Å². The molecular weight excluding hydrogens is 388 g/mol. The Morgan fingerprint density at radius 1 is 1.12 bits per heavy atom. The van der Waals surface area contributed by atoms with Gasteiger partial charge >= 0.3 is 0 Å². The van der Waals surface area contributed by atoms with E-state index in [-0.39, 0.29) is 5.69 Å². The third kappa shape index (κ3) is 4.52. The van der Waals surface area contributed by atoms with Crippen molar-refractivity contribution < 1.29 is 4.92 Å². The molecule has 4 nitrogen and oxygen atoms in total. The van der Waals surface area contributed by atoms with Gasteiger partial charge in [-0.2, -0.15) is 5.26 Å². The van der Waals surface area contributed by atoms with Crippen LogP contribution in [0.1, 0.15) is 10.4 Å². The Morgan fingerprint density at radius 3 is 2.42 bits per heavy atom. The van der Waals surface area contributed by atoms with Crippen LogP contribution in [0, 0.1) is 21.4 Å². The summed E-state index contributed by atoms with van der Waals surface area (Å²) in [4.78, 5) is 12.3. The molecule has 0 N–H and O–H groups in total. The fourth-order valence-corrected chi connectivity index (χ4v) is 4.36. The van der Waals surface area contributed by atoms with E-state index in [0.717, 1.165) is 14.0 Å². The van der Waals surface area contributed by atoms with Gasteiger partial charge in [0.05, 0.1) is 20.8 Å². The molecule has 0 saturated carbocycles. The van der Waals surface area contributed by atoms with Gasteiger partial charge in [0.2, 0.25) is 0 Å². The van der Waals surface area contributed by atoms with Gasteiger partial charge in [0.1, 0.15) is 0 Å². The molecule has 3 rings (SSSR count). The third-order valence-electron chi connectivity index (χ3n) is 3.43. The average molecular weight is 399 g/mol. The molecule has 0 spiro atoms. The summed E-state index contributed by atoms with van der Waals surface area (Å²) in [6.45, 7) is 0. The molecule has 0 radical (unpaired) electrons. The number of hydrogen-bond donors (Lipinski definition) is 0. The summed E-state index contributed by atoms with van der Waals surface area (Å²) in [5, 5.41) is 20.9. The molecule has 0 aliphatic heterocycles. The van der Waals surface area contributed by atoms with Crippen molar-refractivity contribution in [3.8, 4) is 6.07 Å². The van der Waals surface area contributed by atoms with Gasteiger partial charge in [-0.3, -0.25) is 10.1 Å². The summed E-state index contributed by atoms with van der Waals surface area (Å²) >= 11 is 9.09. The van der Waals surface area contributed by atoms with Crippen molar-refractivity contribution in [2.75, 3.05) is 0 Å². The molecule has 0 fully saturated rings. The highest BCUT2D eigenvalue weighted by Crippen LogP contribution is 2.35. The molecule has 0 saturated heterocycles. The van der Waals surface area contributed by atoms with Crippen molar-refractivity contribution in [2.45, 2.75) is 9.10 Å².